The van der Waals surface area contributed by atoms with Crippen molar-refractivity contribution in [3.8, 4) is 0 Å². The Kier molecular flexibility index (Phi) is 45.9. The summed E-state index contributed by atoms with van der Waals surface area (Å²) < 4.78 is 17.4. The van der Waals surface area contributed by atoms with Gasteiger partial charge in [-0.25, -0.2) is 4.79 Å². The van der Waals surface area contributed by atoms with E-state index in [1.165, 1.54) is 141 Å². The van der Waals surface area contributed by atoms with Crippen molar-refractivity contribution < 1.29 is 28.6 Å². The number of amides is 1. The van der Waals surface area contributed by atoms with E-state index in [0.29, 0.717) is 19.6 Å². The number of hydrogen-bond donors (Lipinski definition) is 1. The number of rotatable bonds is 49. The number of nitrogens with zero attached hydrogens (tertiary/aromatic N) is 1. The van der Waals surface area contributed by atoms with E-state index in [0.717, 1.165) is 122 Å². The molecule has 0 bridgehead atoms. The van der Waals surface area contributed by atoms with Gasteiger partial charge in [-0.2, -0.15) is 0 Å². The van der Waals surface area contributed by atoms with E-state index in [-0.39, 0.29) is 30.1 Å². The number of carbonyl (C=O) groups is 3. The lowest BCUT2D eigenvalue weighted by Gasteiger charge is -2.24. The van der Waals surface area contributed by atoms with Gasteiger partial charge in [-0.15, -0.1) is 0 Å². The Morgan fingerprint density at radius 3 is 1.29 bits per heavy atom. The largest absolute Gasteiger partial charge is 0.465 e. The van der Waals surface area contributed by atoms with Crippen LogP contribution in [-0.2, 0) is 23.8 Å². The number of esters is 2. The highest BCUT2D eigenvalue weighted by molar-refractivity contribution is 5.72. The third-order valence-corrected chi connectivity index (χ3v) is 13.0. The van der Waals surface area contributed by atoms with E-state index in [1.807, 2.05) is 20.8 Å². The van der Waals surface area contributed by atoms with Crippen LogP contribution in [0.3, 0.4) is 0 Å². The maximum absolute atomic E-state index is 13.1. The van der Waals surface area contributed by atoms with Gasteiger partial charge in [-0.05, 0) is 98.1 Å². The number of unbranched alkanes of at least 4 members (excludes halogenated alkanes) is 28. The summed E-state index contributed by atoms with van der Waals surface area (Å²) in [5, 5.41) is 2.95. The molecule has 0 fully saturated rings. The summed E-state index contributed by atoms with van der Waals surface area (Å²) in [7, 11) is 0. The SMILES string of the molecule is CCCCCCCCC(CCCCCCCC)OC(=O)CCCCCCCN(CCCCCCCOC(=O)C(CCCCCCCC)CCCCCCCC)CCNC(=O)OC(C)(C)C. The Morgan fingerprint density at radius 2 is 0.846 bits per heavy atom. The molecule has 386 valence electrons. The second kappa shape index (κ2) is 47.2. The first kappa shape index (κ1) is 63.2. The molecular formula is C57H112N2O6. The van der Waals surface area contributed by atoms with Crippen molar-refractivity contribution in [2.45, 2.75) is 311 Å². The maximum atomic E-state index is 13.1. The Balaban J connectivity index is 4.68. The fraction of sp³-hybridized carbons (Fsp3) is 0.947. The predicted octanol–water partition coefficient (Wildman–Crippen LogP) is 17.2. The van der Waals surface area contributed by atoms with Crippen molar-refractivity contribution in [1.82, 2.24) is 10.2 Å². The fourth-order valence-electron chi connectivity index (χ4n) is 8.89. The van der Waals surface area contributed by atoms with Crippen molar-refractivity contribution >= 4 is 18.0 Å². The van der Waals surface area contributed by atoms with Gasteiger partial charge < -0.3 is 24.4 Å². The van der Waals surface area contributed by atoms with Crippen molar-refractivity contribution in [3.05, 3.63) is 0 Å². The molecule has 0 aromatic heterocycles. The molecule has 0 aliphatic rings. The minimum Gasteiger partial charge on any atom is -0.465 e. The highest BCUT2D eigenvalue weighted by Crippen LogP contribution is 2.22. The third-order valence-electron chi connectivity index (χ3n) is 13.0. The third kappa shape index (κ3) is 45.7. The van der Waals surface area contributed by atoms with Gasteiger partial charge in [0.2, 0.25) is 0 Å². The van der Waals surface area contributed by atoms with Crippen LogP contribution in [0.5, 0.6) is 0 Å². The summed E-state index contributed by atoms with van der Waals surface area (Å²) in [5.74, 6) is 0.123. The molecule has 0 aromatic carbocycles. The van der Waals surface area contributed by atoms with Crippen molar-refractivity contribution in [1.29, 1.82) is 0 Å². The molecule has 8 nitrogen and oxygen atoms in total. The van der Waals surface area contributed by atoms with Gasteiger partial charge in [-0.1, -0.05) is 207 Å². The first-order chi connectivity index (χ1) is 31.6. The molecule has 0 aliphatic heterocycles. The van der Waals surface area contributed by atoms with Crippen LogP contribution in [0, 0.1) is 5.92 Å². The predicted molar refractivity (Wildman–Crippen MR) is 278 cm³/mol. The molecule has 0 radical (unpaired) electrons. The second-order valence-electron chi connectivity index (χ2n) is 20.8. The van der Waals surface area contributed by atoms with Crippen LogP contribution in [-0.4, -0.2) is 67.4 Å². The van der Waals surface area contributed by atoms with Crippen LogP contribution in [0.15, 0.2) is 0 Å². The van der Waals surface area contributed by atoms with E-state index in [4.69, 9.17) is 14.2 Å². The van der Waals surface area contributed by atoms with E-state index in [1.54, 1.807) is 0 Å². The van der Waals surface area contributed by atoms with E-state index in [2.05, 4.69) is 37.9 Å². The standard InChI is InChI=1S/C57H112N2O6/c1-8-12-16-20-26-34-42-52(43-35-27-21-17-13-9-2)55(61)63-51-41-33-25-32-40-49-59(50-47-58-56(62)65-57(5,6)7)48-39-31-24-30-38-46-54(60)64-53(44-36-28-22-18-14-10-3)45-37-29-23-19-15-11-4/h52-53H,8-51H2,1-7H3,(H,58,62). The molecule has 1 amide bonds. The molecule has 0 rings (SSSR count). The number of alkyl carbamates (subject to hydrolysis) is 1. The fourth-order valence-corrected chi connectivity index (χ4v) is 8.89. The summed E-state index contributed by atoms with van der Waals surface area (Å²) in [5.41, 5.74) is -0.509. The normalized spacial score (nSPS) is 11.8. The lowest BCUT2D eigenvalue weighted by molar-refractivity contribution is -0.150. The smallest absolute Gasteiger partial charge is 0.407 e. The van der Waals surface area contributed by atoms with Crippen molar-refractivity contribution in [3.63, 3.8) is 0 Å². The number of ether oxygens (including phenoxy) is 3. The van der Waals surface area contributed by atoms with Crippen LogP contribution >= 0.6 is 0 Å². The zero-order chi connectivity index (χ0) is 47.9. The summed E-state index contributed by atoms with van der Waals surface area (Å²) in [6.07, 6.45) is 45.4. The van der Waals surface area contributed by atoms with Gasteiger partial charge in [0.25, 0.3) is 0 Å². The minimum absolute atomic E-state index is 0.00267. The molecule has 1 N–H and O–H groups in total. The Morgan fingerprint density at radius 1 is 0.462 bits per heavy atom. The van der Waals surface area contributed by atoms with Crippen molar-refractivity contribution in [2.24, 2.45) is 5.92 Å². The second-order valence-corrected chi connectivity index (χ2v) is 20.8. The van der Waals surface area contributed by atoms with Gasteiger partial charge >= 0.3 is 18.0 Å². The molecular weight excluding hydrogens is 809 g/mol. The summed E-state index contributed by atoms with van der Waals surface area (Å²) >= 11 is 0. The van der Waals surface area contributed by atoms with E-state index < -0.39 is 5.60 Å². The highest BCUT2D eigenvalue weighted by atomic mass is 16.6. The van der Waals surface area contributed by atoms with Crippen molar-refractivity contribution in [2.75, 3.05) is 32.8 Å². The minimum atomic E-state index is -0.509. The highest BCUT2D eigenvalue weighted by Gasteiger charge is 2.20. The lowest BCUT2D eigenvalue weighted by atomic mass is 9.94. The van der Waals surface area contributed by atoms with Crippen LogP contribution in [0.25, 0.3) is 0 Å². The monoisotopic (exact) mass is 921 g/mol. The quantitative estimate of drug-likeness (QED) is 0.0369. The summed E-state index contributed by atoms with van der Waals surface area (Å²) in [6.45, 7) is 18.6. The average Bonchev–Trinajstić information content (AvgIpc) is 3.27. The Hall–Kier alpha value is -1.83. The Labute approximate surface area is 404 Å². The van der Waals surface area contributed by atoms with E-state index >= 15 is 0 Å². The molecule has 0 unspecified atom stereocenters. The van der Waals surface area contributed by atoms with Crippen LogP contribution in [0.2, 0.25) is 0 Å². The molecule has 0 atom stereocenters. The molecule has 0 heterocycles. The van der Waals surface area contributed by atoms with Gasteiger partial charge in [0.1, 0.15) is 11.7 Å². The van der Waals surface area contributed by atoms with E-state index in [9.17, 15) is 14.4 Å². The molecule has 0 aromatic rings. The lowest BCUT2D eigenvalue weighted by Crippen LogP contribution is -2.38. The zero-order valence-electron chi connectivity index (χ0n) is 44.7. The Bertz CT molecular complexity index is 1020. The average molecular weight is 922 g/mol. The van der Waals surface area contributed by atoms with Gasteiger partial charge in [0, 0.05) is 19.5 Å². The number of nitrogens with one attached hydrogen (secondary N) is 1. The zero-order valence-corrected chi connectivity index (χ0v) is 44.7. The van der Waals surface area contributed by atoms with Crippen LogP contribution < -0.4 is 5.32 Å². The summed E-state index contributed by atoms with van der Waals surface area (Å²) in [6, 6.07) is 0. The molecule has 0 aliphatic carbocycles. The van der Waals surface area contributed by atoms with Crippen LogP contribution in [0.1, 0.15) is 299 Å². The first-order valence-corrected chi connectivity index (χ1v) is 28.6. The van der Waals surface area contributed by atoms with Crippen LogP contribution in [0.4, 0.5) is 4.79 Å². The van der Waals surface area contributed by atoms with Gasteiger partial charge in [0.15, 0.2) is 0 Å². The number of carbonyl (C=O) groups excluding carboxylic acids is 3. The first-order valence-electron chi connectivity index (χ1n) is 28.6. The summed E-state index contributed by atoms with van der Waals surface area (Å²) in [4.78, 5) is 40.8. The molecule has 65 heavy (non-hydrogen) atoms. The molecule has 8 heteroatoms. The number of hydrogen-bond acceptors (Lipinski definition) is 7. The topological polar surface area (TPSA) is 94.2 Å². The molecule has 0 saturated heterocycles. The van der Waals surface area contributed by atoms with Gasteiger partial charge in [0.05, 0.1) is 12.5 Å². The molecule has 0 saturated carbocycles. The molecule has 0 spiro atoms. The maximum Gasteiger partial charge on any atom is 0.407 e. The van der Waals surface area contributed by atoms with Gasteiger partial charge in [-0.3, -0.25) is 9.59 Å².